The molecule has 0 aliphatic heterocycles. The molecule has 1 aromatic heterocycles. The van der Waals surface area contributed by atoms with E-state index in [-0.39, 0.29) is 5.78 Å². The van der Waals surface area contributed by atoms with Crippen LogP contribution < -0.4 is 5.32 Å². The number of aryl methyl sites for hydroxylation is 1. The lowest BCUT2D eigenvalue weighted by Gasteiger charge is -2.06. The summed E-state index contributed by atoms with van der Waals surface area (Å²) in [6.45, 7) is 3.40. The van der Waals surface area contributed by atoms with Crippen molar-refractivity contribution in [1.29, 1.82) is 0 Å². The first-order chi connectivity index (χ1) is 12.7. The highest BCUT2D eigenvalue weighted by atomic mass is 16.3. The fourth-order valence-electron chi connectivity index (χ4n) is 3.09. The van der Waals surface area contributed by atoms with Crippen LogP contribution in [0.3, 0.4) is 0 Å². The average molecular weight is 348 g/mol. The van der Waals surface area contributed by atoms with Crippen LogP contribution in [-0.2, 0) is 17.8 Å². The molecule has 0 radical (unpaired) electrons. The Hall–Kier alpha value is -2.69. The summed E-state index contributed by atoms with van der Waals surface area (Å²) in [6, 6.07) is 16.5. The van der Waals surface area contributed by atoms with Crippen LogP contribution in [0.2, 0.25) is 0 Å². The second-order valence-electron chi connectivity index (χ2n) is 6.40. The number of aliphatic hydroxyl groups excluding tert-OH is 1. The summed E-state index contributed by atoms with van der Waals surface area (Å²) in [6.07, 6.45) is 4.10. The largest absolute Gasteiger partial charge is 0.388 e. The predicted molar refractivity (Wildman–Crippen MR) is 106 cm³/mol. The molecule has 0 saturated heterocycles. The first-order valence-electron chi connectivity index (χ1n) is 8.85. The molecule has 134 valence electrons. The molecule has 3 aromatic rings. The highest BCUT2D eigenvalue weighted by molar-refractivity contribution is 5.94. The van der Waals surface area contributed by atoms with Gasteiger partial charge in [0.15, 0.2) is 5.78 Å². The van der Waals surface area contributed by atoms with E-state index in [1.807, 2.05) is 24.3 Å². The third kappa shape index (κ3) is 4.48. The number of hydrogen-bond acceptors (Lipinski definition) is 3. The molecule has 3 N–H and O–H groups in total. The van der Waals surface area contributed by atoms with E-state index in [1.54, 1.807) is 6.08 Å². The van der Waals surface area contributed by atoms with Crippen LogP contribution in [0.25, 0.3) is 17.0 Å². The van der Waals surface area contributed by atoms with Gasteiger partial charge in [-0.15, -0.1) is 0 Å². The lowest BCUT2D eigenvalue weighted by molar-refractivity contribution is -0.117. The molecule has 3 rings (SSSR count). The van der Waals surface area contributed by atoms with E-state index < -0.39 is 6.61 Å². The monoisotopic (exact) mass is 348 g/mol. The van der Waals surface area contributed by atoms with Gasteiger partial charge >= 0.3 is 0 Å². The molecular weight excluding hydrogens is 324 g/mol. The highest BCUT2D eigenvalue weighted by Gasteiger charge is 2.07. The second-order valence-corrected chi connectivity index (χ2v) is 6.40. The van der Waals surface area contributed by atoms with E-state index in [9.17, 15) is 4.79 Å². The third-order valence-corrected chi connectivity index (χ3v) is 4.51. The Morgan fingerprint density at radius 3 is 2.69 bits per heavy atom. The zero-order valence-corrected chi connectivity index (χ0v) is 15.0. The van der Waals surface area contributed by atoms with Gasteiger partial charge in [-0.3, -0.25) is 4.79 Å². The summed E-state index contributed by atoms with van der Waals surface area (Å²) in [7, 11) is 0. The number of aromatic amines is 1. The number of ketones is 1. The van der Waals surface area contributed by atoms with Crippen LogP contribution in [-0.4, -0.2) is 29.0 Å². The van der Waals surface area contributed by atoms with E-state index >= 15 is 0 Å². The number of rotatable bonds is 8. The molecule has 0 unspecified atom stereocenters. The molecule has 4 heteroatoms. The highest BCUT2D eigenvalue weighted by Crippen LogP contribution is 2.21. The number of para-hydroxylation sites is 1. The number of carbonyl (C=O) groups is 1. The van der Waals surface area contributed by atoms with Crippen molar-refractivity contribution < 1.29 is 9.90 Å². The minimum Gasteiger partial charge on any atom is -0.388 e. The van der Waals surface area contributed by atoms with Crippen LogP contribution in [0.4, 0.5) is 0 Å². The maximum atomic E-state index is 11.1. The van der Waals surface area contributed by atoms with Gasteiger partial charge in [0, 0.05) is 23.1 Å². The van der Waals surface area contributed by atoms with Gasteiger partial charge in [0.25, 0.3) is 0 Å². The zero-order valence-electron chi connectivity index (χ0n) is 15.0. The Labute approximate surface area is 153 Å². The van der Waals surface area contributed by atoms with Crippen LogP contribution in [0.5, 0.6) is 0 Å². The fourth-order valence-corrected chi connectivity index (χ4v) is 3.09. The van der Waals surface area contributed by atoms with Crippen LogP contribution in [0, 0.1) is 6.92 Å². The molecule has 4 nitrogen and oxygen atoms in total. The maximum absolute atomic E-state index is 11.1. The molecule has 0 fully saturated rings. The van der Waals surface area contributed by atoms with E-state index in [4.69, 9.17) is 5.11 Å². The van der Waals surface area contributed by atoms with Gasteiger partial charge in [-0.2, -0.15) is 0 Å². The van der Waals surface area contributed by atoms with E-state index in [2.05, 4.69) is 41.5 Å². The number of carbonyl (C=O) groups excluding carboxylic acids is 1. The molecule has 26 heavy (non-hydrogen) atoms. The van der Waals surface area contributed by atoms with Crippen molar-refractivity contribution in [1.82, 2.24) is 10.3 Å². The average Bonchev–Trinajstić information content (AvgIpc) is 2.99. The van der Waals surface area contributed by atoms with Gasteiger partial charge in [-0.1, -0.05) is 48.5 Å². The Bertz CT molecular complexity index is 908. The Kier molecular flexibility index (Phi) is 6.00. The summed E-state index contributed by atoms with van der Waals surface area (Å²) < 4.78 is 0. The maximum Gasteiger partial charge on any atom is 0.181 e. The van der Waals surface area contributed by atoms with Gasteiger partial charge in [0.1, 0.15) is 6.61 Å². The topological polar surface area (TPSA) is 65.1 Å². The minimum atomic E-state index is -0.450. The van der Waals surface area contributed by atoms with E-state index in [0.29, 0.717) is 0 Å². The molecule has 0 bridgehead atoms. The normalized spacial score (nSPS) is 11.5. The van der Waals surface area contributed by atoms with Crippen molar-refractivity contribution in [2.45, 2.75) is 19.9 Å². The first-order valence-corrected chi connectivity index (χ1v) is 8.85. The van der Waals surface area contributed by atoms with E-state index in [1.165, 1.54) is 33.8 Å². The molecule has 0 saturated carbocycles. The molecule has 0 aliphatic rings. The van der Waals surface area contributed by atoms with Crippen LogP contribution in [0.1, 0.15) is 22.4 Å². The molecule has 0 atom stereocenters. The number of fused-ring (bicyclic) bond motifs is 1. The van der Waals surface area contributed by atoms with Gasteiger partial charge in [0.05, 0.1) is 0 Å². The lowest BCUT2D eigenvalue weighted by atomic mass is 10.1. The summed E-state index contributed by atoms with van der Waals surface area (Å²) >= 11 is 0. The number of H-pyrrole nitrogens is 1. The van der Waals surface area contributed by atoms with Crippen molar-refractivity contribution in [2.24, 2.45) is 0 Å². The Balaban J connectivity index is 1.51. The summed E-state index contributed by atoms with van der Waals surface area (Å²) in [5.41, 5.74) is 5.96. The van der Waals surface area contributed by atoms with Crippen LogP contribution in [0.15, 0.2) is 54.6 Å². The lowest BCUT2D eigenvalue weighted by Crippen LogP contribution is -2.16. The SMILES string of the molecule is Cc1[nH]c2ccccc2c1CCNCc1ccc(/C=C/C(=O)CO)cc1. The van der Waals surface area contributed by atoms with Gasteiger partial charge in [-0.05, 0) is 48.7 Å². The van der Waals surface area contributed by atoms with Crippen molar-refractivity contribution in [2.75, 3.05) is 13.2 Å². The van der Waals surface area contributed by atoms with Gasteiger partial charge in [-0.25, -0.2) is 0 Å². The summed E-state index contributed by atoms with van der Waals surface area (Å²) in [5, 5.41) is 13.5. The zero-order chi connectivity index (χ0) is 18.4. The summed E-state index contributed by atoms with van der Waals surface area (Å²) in [4.78, 5) is 14.5. The molecular formula is C22H24N2O2. The third-order valence-electron chi connectivity index (χ3n) is 4.51. The molecule has 2 aromatic carbocycles. The van der Waals surface area contributed by atoms with Gasteiger partial charge < -0.3 is 15.4 Å². The van der Waals surface area contributed by atoms with E-state index in [0.717, 1.165) is 25.1 Å². The standard InChI is InChI=1S/C22H24N2O2/c1-16-20(21-4-2-3-5-22(21)24-16)12-13-23-14-18-8-6-17(7-9-18)10-11-19(26)15-25/h2-11,23-25H,12-15H2,1H3/b11-10+. The number of hydrogen-bond donors (Lipinski definition) is 3. The van der Waals surface area contributed by atoms with Gasteiger partial charge in [0.2, 0.25) is 0 Å². The quantitative estimate of drug-likeness (QED) is 0.432. The number of aliphatic hydroxyl groups is 1. The molecule has 0 amide bonds. The number of aromatic nitrogens is 1. The molecule has 0 spiro atoms. The summed E-state index contributed by atoms with van der Waals surface area (Å²) in [5.74, 6) is -0.289. The smallest absolute Gasteiger partial charge is 0.181 e. The Morgan fingerprint density at radius 2 is 1.92 bits per heavy atom. The van der Waals surface area contributed by atoms with Crippen molar-refractivity contribution in [3.8, 4) is 0 Å². The molecule has 0 aliphatic carbocycles. The van der Waals surface area contributed by atoms with Crippen molar-refractivity contribution in [3.63, 3.8) is 0 Å². The first kappa shape index (κ1) is 18.1. The minimum absolute atomic E-state index is 0.289. The van der Waals surface area contributed by atoms with Crippen LogP contribution >= 0.6 is 0 Å². The Morgan fingerprint density at radius 1 is 1.15 bits per heavy atom. The van der Waals surface area contributed by atoms with Crippen molar-refractivity contribution >= 4 is 22.8 Å². The fraction of sp³-hybridized carbons (Fsp3) is 0.227. The predicted octanol–water partition coefficient (Wildman–Crippen LogP) is 3.38. The number of nitrogens with one attached hydrogen (secondary N) is 2. The molecule has 1 heterocycles. The van der Waals surface area contributed by atoms with Crippen molar-refractivity contribution in [3.05, 3.63) is 77.0 Å². The second kappa shape index (κ2) is 8.61. The number of benzene rings is 2.